The van der Waals surface area contributed by atoms with Gasteiger partial charge >= 0.3 is 17.1 Å². The molecule has 1 aromatic carbocycles. The molecule has 3 heterocycles. The van der Waals surface area contributed by atoms with Crippen molar-refractivity contribution in [3.05, 3.63) is 61.8 Å². The van der Waals surface area contributed by atoms with Gasteiger partial charge in [0.25, 0.3) is 5.56 Å². The smallest absolute Gasteiger partial charge is 0.332 e. The highest BCUT2D eigenvalue weighted by Gasteiger charge is 2.26. The van der Waals surface area contributed by atoms with Crippen molar-refractivity contribution in [3.63, 3.8) is 0 Å². The van der Waals surface area contributed by atoms with Crippen molar-refractivity contribution in [2.45, 2.75) is 52.4 Å². The molecule has 3 N–H and O–H groups in total. The van der Waals surface area contributed by atoms with E-state index in [-0.39, 0.29) is 29.4 Å². The van der Waals surface area contributed by atoms with E-state index in [9.17, 15) is 18.6 Å². The van der Waals surface area contributed by atoms with Gasteiger partial charge in [-0.15, -0.1) is 0 Å². The maximum atomic E-state index is 13.8. The quantitative estimate of drug-likeness (QED) is 0.205. The third-order valence-corrected chi connectivity index (χ3v) is 7.17. The molecule has 1 aliphatic rings. The number of rotatable bonds is 10. The Bertz CT molecular complexity index is 1600. The number of imidazole rings is 1. The second-order valence-electron chi connectivity index (χ2n) is 9.99. The topological polar surface area (TPSA) is 164 Å². The number of aromatic nitrogens is 4. The molecule has 0 saturated carbocycles. The zero-order valence-corrected chi connectivity index (χ0v) is 23.8. The molecule has 216 valence electrons. The van der Waals surface area contributed by atoms with E-state index in [1.54, 1.807) is 4.57 Å². The highest BCUT2D eigenvalue weighted by atomic mass is 32.2. The van der Waals surface area contributed by atoms with Gasteiger partial charge in [0.2, 0.25) is 5.95 Å². The van der Waals surface area contributed by atoms with Crippen LogP contribution in [0.4, 0.5) is 5.95 Å². The Morgan fingerprint density at radius 3 is 2.67 bits per heavy atom. The molecule has 2 atom stereocenters. The van der Waals surface area contributed by atoms with Gasteiger partial charge in [0.05, 0.1) is 20.3 Å². The van der Waals surface area contributed by atoms with Crippen molar-refractivity contribution in [1.29, 1.82) is 0 Å². The van der Waals surface area contributed by atoms with Gasteiger partial charge in [-0.3, -0.25) is 27.5 Å². The monoisotopic (exact) mass is 574 g/mol. The normalized spacial score (nSPS) is 16.2. The van der Waals surface area contributed by atoms with Crippen molar-refractivity contribution in [3.8, 4) is 5.75 Å². The number of Topliss-reactive ketones (excluding diaryl/α,β-unsaturated/α-hetero) is 1. The maximum absolute atomic E-state index is 13.8. The van der Waals surface area contributed by atoms with E-state index in [1.807, 2.05) is 24.8 Å². The Kier molecular flexibility index (Phi) is 9.03. The van der Waals surface area contributed by atoms with Gasteiger partial charge in [-0.05, 0) is 44.9 Å². The Labute approximate surface area is 233 Å². The number of anilines is 1. The second kappa shape index (κ2) is 12.3. The lowest BCUT2D eigenvalue weighted by Crippen LogP contribution is -2.44. The van der Waals surface area contributed by atoms with Crippen molar-refractivity contribution >= 4 is 34.3 Å². The Morgan fingerprint density at radius 2 is 2.02 bits per heavy atom. The highest BCUT2D eigenvalue weighted by molar-refractivity contribution is 7.74. The molecular weight excluding hydrogens is 540 g/mol. The van der Waals surface area contributed by atoms with Gasteiger partial charge in [-0.2, -0.15) is 9.19 Å². The molecule has 1 saturated heterocycles. The second-order valence-corrected chi connectivity index (χ2v) is 10.7. The lowest BCUT2D eigenvalue weighted by atomic mass is 10.1. The maximum Gasteiger partial charge on any atom is 0.332 e. The van der Waals surface area contributed by atoms with Crippen LogP contribution in [0.5, 0.6) is 5.75 Å². The van der Waals surface area contributed by atoms with Crippen molar-refractivity contribution < 1.29 is 22.5 Å². The number of methoxy groups -OCH3 is 1. The number of aryl methyl sites for hydroxylation is 1. The fraction of sp³-hybridized carbons (Fsp3) is 0.462. The Morgan fingerprint density at radius 1 is 1.27 bits per heavy atom. The van der Waals surface area contributed by atoms with E-state index < -0.39 is 34.9 Å². The van der Waals surface area contributed by atoms with Gasteiger partial charge in [0, 0.05) is 43.9 Å². The van der Waals surface area contributed by atoms with E-state index in [1.165, 1.54) is 36.9 Å². The number of piperidine rings is 1. The van der Waals surface area contributed by atoms with E-state index in [0.29, 0.717) is 30.4 Å². The molecule has 0 radical (unpaired) electrons. The molecule has 2 unspecified atom stereocenters. The molecule has 40 heavy (non-hydrogen) atoms. The number of ether oxygens (including phenoxy) is 1. The van der Waals surface area contributed by atoms with E-state index in [2.05, 4.69) is 0 Å². The predicted molar refractivity (Wildman–Crippen MR) is 151 cm³/mol. The first-order valence-corrected chi connectivity index (χ1v) is 13.8. The summed E-state index contributed by atoms with van der Waals surface area (Å²) in [6.07, 6.45) is 3.75. The van der Waals surface area contributed by atoms with Gasteiger partial charge in [-0.25, -0.2) is 4.79 Å². The van der Waals surface area contributed by atoms with Gasteiger partial charge < -0.3 is 19.9 Å². The lowest BCUT2D eigenvalue weighted by Gasteiger charge is -2.31. The van der Waals surface area contributed by atoms with Crippen molar-refractivity contribution in [2.24, 2.45) is 12.8 Å². The first kappa shape index (κ1) is 29.4. The van der Waals surface area contributed by atoms with E-state index in [0.717, 1.165) is 29.5 Å². The molecular formula is C26H34N6O7S. The third kappa shape index (κ3) is 6.09. The fourth-order valence-electron chi connectivity index (χ4n) is 4.79. The number of hydrogen-bond donors (Lipinski definition) is 2. The molecule has 4 rings (SSSR count). The van der Waals surface area contributed by atoms with Gasteiger partial charge in [0.1, 0.15) is 5.75 Å². The molecule has 0 spiro atoms. The van der Waals surface area contributed by atoms with Crippen molar-refractivity contribution in [2.75, 3.05) is 25.1 Å². The minimum absolute atomic E-state index is 0.0271. The number of allylic oxidation sites excluding steroid dienone is 2. The molecule has 2 aromatic heterocycles. The van der Waals surface area contributed by atoms with Crippen LogP contribution in [0.25, 0.3) is 11.2 Å². The van der Waals surface area contributed by atoms with Crippen LogP contribution in [0.2, 0.25) is 0 Å². The number of nitrogens with two attached hydrogens (primary N) is 1. The number of fused-ring (bicyclic) bond motifs is 1. The summed E-state index contributed by atoms with van der Waals surface area (Å²) in [5.41, 5.74) is 6.96. The number of carbonyl (C=O) groups excluding carboxylic acids is 1. The predicted octanol–water partition coefficient (Wildman–Crippen LogP) is 1.34. The summed E-state index contributed by atoms with van der Waals surface area (Å²) in [5, 5.41) is 0. The summed E-state index contributed by atoms with van der Waals surface area (Å²) in [6, 6.07) is 4.42. The minimum Gasteiger partial charge on any atom is -0.496 e. The Hall–Kier alpha value is -3.59. The van der Waals surface area contributed by atoms with Crippen LogP contribution in [0.3, 0.4) is 0 Å². The highest BCUT2D eigenvalue weighted by Crippen LogP contribution is 2.24. The summed E-state index contributed by atoms with van der Waals surface area (Å²) >= 11 is -2.51. The van der Waals surface area contributed by atoms with Gasteiger partial charge in [-0.1, -0.05) is 11.6 Å². The molecule has 1 aliphatic heterocycles. The van der Waals surface area contributed by atoms with E-state index >= 15 is 0 Å². The molecule has 13 nitrogen and oxygen atoms in total. The minimum atomic E-state index is -2.51. The first-order chi connectivity index (χ1) is 19.0. The third-order valence-electron chi connectivity index (χ3n) is 6.85. The summed E-state index contributed by atoms with van der Waals surface area (Å²) in [6.45, 7) is 4.76. The standard InChI is InChI=1S/C26H34N6O7S/c1-16(2)9-11-31-22-23(28-25(31)30-10-5-6-19(27)13-30)29(3)26(35)32(24(22)34)14-20(33)17-7-8-21(38-4)18(12-17)15-39-40(36)37/h7-9,12,19H,5-6,10-11,13-15,27H2,1-4H3,(H,36,37). The largest absolute Gasteiger partial charge is 0.496 e. The van der Waals surface area contributed by atoms with Crippen LogP contribution >= 0.6 is 0 Å². The van der Waals surface area contributed by atoms with Crippen LogP contribution in [0, 0.1) is 0 Å². The molecule has 0 aliphatic carbocycles. The molecule has 0 amide bonds. The lowest BCUT2D eigenvalue weighted by molar-refractivity contribution is 0.0968. The van der Waals surface area contributed by atoms with Crippen LogP contribution < -0.4 is 26.6 Å². The van der Waals surface area contributed by atoms with Crippen LogP contribution in [0.15, 0.2) is 39.4 Å². The fourth-order valence-corrected chi connectivity index (χ4v) is 5.02. The van der Waals surface area contributed by atoms with Crippen LogP contribution in [0.1, 0.15) is 42.6 Å². The van der Waals surface area contributed by atoms with Crippen molar-refractivity contribution in [1.82, 2.24) is 18.7 Å². The molecule has 0 bridgehead atoms. The number of hydrogen-bond acceptors (Lipinski definition) is 9. The number of carbonyl (C=O) groups is 1. The SMILES string of the molecule is COc1ccc(C(=O)Cn2c(=O)c3c(nc(N4CCCC(N)C4)n3CC=C(C)C)n(C)c2=O)cc1COS(=O)O. The van der Waals surface area contributed by atoms with Gasteiger partial charge in [0.15, 0.2) is 16.9 Å². The summed E-state index contributed by atoms with van der Waals surface area (Å²) in [7, 11) is 2.94. The summed E-state index contributed by atoms with van der Waals surface area (Å²) in [4.78, 5) is 47.2. The number of ketones is 1. The van der Waals surface area contributed by atoms with Crippen LogP contribution in [-0.2, 0) is 42.3 Å². The van der Waals surface area contributed by atoms with Crippen LogP contribution in [-0.4, -0.2) is 59.5 Å². The zero-order chi connectivity index (χ0) is 29.1. The molecule has 1 fully saturated rings. The zero-order valence-electron chi connectivity index (χ0n) is 23.0. The molecule has 14 heteroatoms. The Balaban J connectivity index is 1.80. The number of nitrogens with zero attached hydrogens (tertiary/aromatic N) is 5. The average Bonchev–Trinajstić information content (AvgIpc) is 3.31. The number of benzene rings is 1. The first-order valence-electron chi connectivity index (χ1n) is 12.8. The molecule has 3 aromatic rings. The summed E-state index contributed by atoms with van der Waals surface area (Å²) in [5.74, 6) is 0.398. The van der Waals surface area contributed by atoms with E-state index in [4.69, 9.17) is 24.2 Å². The summed E-state index contributed by atoms with van der Waals surface area (Å²) < 4.78 is 33.9. The average molecular weight is 575 g/mol.